The molecule has 2 aliphatic rings. The number of rotatable bonds is 4. The van der Waals surface area contributed by atoms with Gasteiger partial charge in [0.05, 0.1) is 32.6 Å². The molecule has 156 valence electrons. The molecule has 0 atom stereocenters. The molecule has 2 saturated heterocycles. The van der Waals surface area contributed by atoms with Crippen molar-refractivity contribution in [3.63, 3.8) is 0 Å². The van der Waals surface area contributed by atoms with Crippen LogP contribution in [0, 0.1) is 6.92 Å². The van der Waals surface area contributed by atoms with Gasteiger partial charge >= 0.3 is 0 Å². The summed E-state index contributed by atoms with van der Waals surface area (Å²) in [5, 5.41) is 4.36. The smallest absolute Gasteiger partial charge is 0.230 e. The maximum absolute atomic E-state index is 5.49. The van der Waals surface area contributed by atoms with E-state index in [0.29, 0.717) is 49.8 Å². The van der Waals surface area contributed by atoms with Crippen molar-refractivity contribution in [2.24, 2.45) is 0 Å². The fraction of sp³-hybridized carbons (Fsp3) is 0.450. The molecule has 0 aromatic carbocycles. The van der Waals surface area contributed by atoms with Crippen LogP contribution in [-0.2, 0) is 9.47 Å². The summed E-state index contributed by atoms with van der Waals surface area (Å²) in [6, 6.07) is 5.78. The molecule has 0 N–H and O–H groups in total. The van der Waals surface area contributed by atoms with Crippen molar-refractivity contribution in [3.05, 3.63) is 36.2 Å². The molecule has 3 aromatic heterocycles. The van der Waals surface area contributed by atoms with Gasteiger partial charge in [-0.3, -0.25) is 0 Å². The Balaban J connectivity index is 1.54. The number of aryl methyl sites for hydroxylation is 1. The zero-order valence-corrected chi connectivity index (χ0v) is 16.9. The molecule has 0 amide bonds. The minimum absolute atomic E-state index is 0.554. The van der Waals surface area contributed by atoms with Crippen molar-refractivity contribution in [1.29, 1.82) is 0 Å². The lowest BCUT2D eigenvalue weighted by Crippen LogP contribution is -2.40. The zero-order chi connectivity index (χ0) is 20.3. The molecule has 10 heteroatoms. The SMILES string of the molecule is Cc1cnn(-c2cccc(-c3nc(N4CCOCC4)nc(N4CCOCC4)n3)n2)c1. The fourth-order valence-corrected chi connectivity index (χ4v) is 3.49. The first-order chi connectivity index (χ1) is 14.8. The highest BCUT2D eigenvalue weighted by molar-refractivity contribution is 5.56. The van der Waals surface area contributed by atoms with Crippen LogP contribution in [0.3, 0.4) is 0 Å². The number of ether oxygens (including phenoxy) is 2. The minimum Gasteiger partial charge on any atom is -0.378 e. The topological polar surface area (TPSA) is 94.3 Å². The van der Waals surface area contributed by atoms with E-state index in [4.69, 9.17) is 29.4 Å². The van der Waals surface area contributed by atoms with E-state index in [1.807, 2.05) is 37.5 Å². The molecular weight excluding hydrogens is 384 g/mol. The Morgan fingerprint density at radius 2 is 1.43 bits per heavy atom. The van der Waals surface area contributed by atoms with Gasteiger partial charge in [-0.05, 0) is 24.6 Å². The summed E-state index contributed by atoms with van der Waals surface area (Å²) in [6.45, 7) is 7.69. The number of pyridine rings is 1. The Bertz CT molecular complexity index is 975. The van der Waals surface area contributed by atoms with Crippen LogP contribution in [0.4, 0.5) is 11.9 Å². The highest BCUT2D eigenvalue weighted by Crippen LogP contribution is 2.22. The maximum Gasteiger partial charge on any atom is 0.230 e. The highest BCUT2D eigenvalue weighted by atomic mass is 16.5. The quantitative estimate of drug-likeness (QED) is 0.629. The molecule has 0 spiro atoms. The number of nitrogens with zero attached hydrogens (tertiary/aromatic N) is 8. The summed E-state index contributed by atoms with van der Waals surface area (Å²) in [4.78, 5) is 23.3. The predicted molar refractivity (Wildman–Crippen MR) is 111 cm³/mol. The molecule has 30 heavy (non-hydrogen) atoms. The average molecular weight is 408 g/mol. The number of morpholine rings is 2. The number of hydrogen-bond donors (Lipinski definition) is 0. The van der Waals surface area contributed by atoms with Gasteiger partial charge in [0.2, 0.25) is 11.9 Å². The van der Waals surface area contributed by atoms with E-state index in [9.17, 15) is 0 Å². The van der Waals surface area contributed by atoms with Crippen LogP contribution in [-0.4, -0.2) is 82.3 Å². The lowest BCUT2D eigenvalue weighted by atomic mass is 10.3. The van der Waals surface area contributed by atoms with Crippen LogP contribution < -0.4 is 9.80 Å². The lowest BCUT2D eigenvalue weighted by molar-refractivity contribution is 0.121. The van der Waals surface area contributed by atoms with Gasteiger partial charge in [0.15, 0.2) is 11.6 Å². The van der Waals surface area contributed by atoms with Crippen molar-refractivity contribution < 1.29 is 9.47 Å². The van der Waals surface area contributed by atoms with Crippen LogP contribution in [0.2, 0.25) is 0 Å². The van der Waals surface area contributed by atoms with Gasteiger partial charge in [0, 0.05) is 32.4 Å². The van der Waals surface area contributed by atoms with E-state index in [1.165, 1.54) is 0 Å². The molecule has 0 unspecified atom stereocenters. The first kappa shape index (κ1) is 18.9. The molecular formula is C20H24N8O2. The first-order valence-corrected chi connectivity index (χ1v) is 10.2. The lowest BCUT2D eigenvalue weighted by Gasteiger charge is -2.30. The third-order valence-corrected chi connectivity index (χ3v) is 5.11. The second-order valence-electron chi connectivity index (χ2n) is 7.30. The van der Waals surface area contributed by atoms with E-state index in [-0.39, 0.29) is 0 Å². The van der Waals surface area contributed by atoms with Crippen molar-refractivity contribution in [1.82, 2.24) is 29.7 Å². The van der Waals surface area contributed by atoms with Gasteiger partial charge in [-0.2, -0.15) is 20.1 Å². The molecule has 2 aliphatic heterocycles. The van der Waals surface area contributed by atoms with Gasteiger partial charge < -0.3 is 19.3 Å². The second kappa shape index (κ2) is 8.33. The standard InChI is InChI=1S/C20H24N8O2/c1-15-13-21-28(14-15)17-4-2-3-16(22-17)18-23-19(26-5-9-29-10-6-26)25-20(24-18)27-7-11-30-12-8-27/h2-4,13-14H,5-12H2,1H3. The van der Waals surface area contributed by atoms with Crippen LogP contribution >= 0.6 is 0 Å². The molecule has 2 fully saturated rings. The Morgan fingerprint density at radius 3 is 2.00 bits per heavy atom. The van der Waals surface area contributed by atoms with Gasteiger partial charge in [-0.15, -0.1) is 0 Å². The summed E-state index contributed by atoms with van der Waals surface area (Å²) in [7, 11) is 0. The largest absolute Gasteiger partial charge is 0.378 e. The van der Waals surface area contributed by atoms with Crippen molar-refractivity contribution >= 4 is 11.9 Å². The van der Waals surface area contributed by atoms with E-state index >= 15 is 0 Å². The summed E-state index contributed by atoms with van der Waals surface area (Å²) < 4.78 is 12.7. The monoisotopic (exact) mass is 408 g/mol. The predicted octanol–water partition coefficient (Wildman–Crippen LogP) is 1.10. The number of hydrogen-bond acceptors (Lipinski definition) is 9. The van der Waals surface area contributed by atoms with Gasteiger partial charge in [0.1, 0.15) is 5.69 Å². The third kappa shape index (κ3) is 3.96. The molecule has 0 saturated carbocycles. The zero-order valence-electron chi connectivity index (χ0n) is 16.9. The molecule has 0 radical (unpaired) electrons. The van der Waals surface area contributed by atoms with Crippen molar-refractivity contribution in [2.45, 2.75) is 6.92 Å². The van der Waals surface area contributed by atoms with Crippen LogP contribution in [0.5, 0.6) is 0 Å². The van der Waals surface area contributed by atoms with E-state index in [2.05, 4.69) is 14.9 Å². The maximum atomic E-state index is 5.49. The van der Waals surface area contributed by atoms with E-state index in [0.717, 1.165) is 37.6 Å². The van der Waals surface area contributed by atoms with Crippen LogP contribution in [0.1, 0.15) is 5.56 Å². The van der Waals surface area contributed by atoms with Crippen molar-refractivity contribution in [3.8, 4) is 17.3 Å². The Kier molecular flexibility index (Phi) is 5.24. The molecule has 3 aromatic rings. The van der Waals surface area contributed by atoms with Crippen LogP contribution in [0.25, 0.3) is 17.3 Å². The second-order valence-corrected chi connectivity index (χ2v) is 7.30. The minimum atomic E-state index is 0.554. The van der Waals surface area contributed by atoms with Crippen LogP contribution in [0.15, 0.2) is 30.6 Å². The summed E-state index contributed by atoms with van der Waals surface area (Å²) in [5.41, 5.74) is 1.76. The van der Waals surface area contributed by atoms with Crippen molar-refractivity contribution in [2.75, 3.05) is 62.4 Å². The molecule has 5 rings (SSSR count). The Morgan fingerprint density at radius 1 is 0.800 bits per heavy atom. The first-order valence-electron chi connectivity index (χ1n) is 10.2. The van der Waals surface area contributed by atoms with E-state index in [1.54, 1.807) is 4.68 Å². The molecule has 0 bridgehead atoms. The van der Waals surface area contributed by atoms with Gasteiger partial charge in [-0.25, -0.2) is 9.67 Å². The normalized spacial score (nSPS) is 17.4. The van der Waals surface area contributed by atoms with Gasteiger partial charge in [0.25, 0.3) is 0 Å². The number of anilines is 2. The summed E-state index contributed by atoms with van der Waals surface area (Å²) in [5.74, 6) is 2.60. The average Bonchev–Trinajstić information content (AvgIpc) is 3.26. The molecule has 5 heterocycles. The third-order valence-electron chi connectivity index (χ3n) is 5.11. The van der Waals surface area contributed by atoms with E-state index < -0.39 is 0 Å². The summed E-state index contributed by atoms with van der Waals surface area (Å²) in [6.07, 6.45) is 3.75. The Hall–Kier alpha value is -3.11. The molecule has 10 nitrogen and oxygen atoms in total. The highest BCUT2D eigenvalue weighted by Gasteiger charge is 2.21. The number of aromatic nitrogens is 6. The summed E-state index contributed by atoms with van der Waals surface area (Å²) >= 11 is 0. The van der Waals surface area contributed by atoms with Gasteiger partial charge in [-0.1, -0.05) is 6.07 Å². The molecule has 0 aliphatic carbocycles. The Labute approximate surface area is 174 Å². The fourth-order valence-electron chi connectivity index (χ4n) is 3.49.